The Labute approximate surface area is 107 Å². The molecule has 17 heavy (non-hydrogen) atoms. The van der Waals surface area contributed by atoms with E-state index in [2.05, 4.69) is 19.6 Å². The molecule has 2 nitrogen and oxygen atoms in total. The number of ether oxygens (including phenoxy) is 1. The predicted molar refractivity (Wildman–Crippen MR) is 68.0 cm³/mol. The molecule has 0 heterocycles. The minimum atomic E-state index is -0.624. The van der Waals surface area contributed by atoms with Crippen LogP contribution in [0, 0.1) is 11.7 Å². The van der Waals surface area contributed by atoms with E-state index >= 15 is 0 Å². The Morgan fingerprint density at radius 3 is 2.88 bits per heavy atom. The average Bonchev–Trinajstić information content (AvgIpc) is 2.29. The largest absolute Gasteiger partial charge is 0.462 e. The summed E-state index contributed by atoms with van der Waals surface area (Å²) in [5, 5.41) is 0. The maximum atomic E-state index is 13.4. The number of hydrogen-bond acceptors (Lipinski definition) is 3. The Bertz CT molecular complexity index is 393. The van der Waals surface area contributed by atoms with Crippen LogP contribution in [0.4, 0.5) is 4.39 Å². The Hall–Kier alpha value is -1.03. The van der Waals surface area contributed by atoms with Crippen LogP contribution in [0.25, 0.3) is 0 Å². The lowest BCUT2D eigenvalue weighted by molar-refractivity contribution is 0.0438. The first kappa shape index (κ1) is 14.0. The molecule has 0 bridgehead atoms. The van der Waals surface area contributed by atoms with Gasteiger partial charge in [0.25, 0.3) is 0 Å². The Morgan fingerprint density at radius 1 is 1.53 bits per heavy atom. The number of rotatable bonds is 5. The lowest BCUT2D eigenvalue weighted by Crippen LogP contribution is -2.13. The van der Waals surface area contributed by atoms with Crippen LogP contribution in [-0.2, 0) is 4.74 Å². The molecule has 0 fully saturated rings. The summed E-state index contributed by atoms with van der Waals surface area (Å²) in [6.45, 7) is 4.40. The summed E-state index contributed by atoms with van der Waals surface area (Å²) in [7, 11) is 0. The summed E-state index contributed by atoms with van der Waals surface area (Å²) in [6, 6.07) is 4.09. The van der Waals surface area contributed by atoms with Crippen LogP contribution in [0.5, 0.6) is 0 Å². The molecule has 0 spiro atoms. The van der Waals surface area contributed by atoms with Gasteiger partial charge in [-0.1, -0.05) is 20.3 Å². The van der Waals surface area contributed by atoms with Crippen LogP contribution in [0.2, 0.25) is 0 Å². The number of thiol groups is 1. The Balaban J connectivity index is 2.61. The van der Waals surface area contributed by atoms with E-state index in [0.29, 0.717) is 17.4 Å². The number of carbonyl (C=O) groups is 1. The van der Waals surface area contributed by atoms with Gasteiger partial charge < -0.3 is 4.74 Å². The molecule has 0 aliphatic carbocycles. The third kappa shape index (κ3) is 4.38. The Kier molecular flexibility index (Phi) is 5.48. The molecule has 0 radical (unpaired) electrons. The van der Waals surface area contributed by atoms with Crippen molar-refractivity contribution in [1.82, 2.24) is 0 Å². The monoisotopic (exact) mass is 256 g/mol. The summed E-state index contributed by atoms with van der Waals surface area (Å²) < 4.78 is 18.4. The molecule has 0 saturated heterocycles. The third-order valence-electron chi connectivity index (χ3n) is 2.45. The second kappa shape index (κ2) is 6.64. The first-order valence-electron chi connectivity index (χ1n) is 5.70. The van der Waals surface area contributed by atoms with Crippen molar-refractivity contribution in [3.05, 3.63) is 29.6 Å². The van der Waals surface area contributed by atoms with E-state index in [1.165, 1.54) is 18.2 Å². The maximum Gasteiger partial charge on any atom is 0.341 e. The molecule has 1 aromatic carbocycles. The van der Waals surface area contributed by atoms with Crippen LogP contribution in [0.1, 0.15) is 37.0 Å². The van der Waals surface area contributed by atoms with Crippen molar-refractivity contribution in [2.24, 2.45) is 5.92 Å². The van der Waals surface area contributed by atoms with E-state index in [-0.39, 0.29) is 5.56 Å². The molecule has 0 aromatic heterocycles. The van der Waals surface area contributed by atoms with Gasteiger partial charge in [-0.15, -0.1) is 12.6 Å². The number of carbonyl (C=O) groups excluding carboxylic acids is 1. The second-order valence-corrected chi connectivity index (χ2v) is 4.67. The molecule has 1 atom stereocenters. The number of halogens is 1. The van der Waals surface area contributed by atoms with E-state index in [9.17, 15) is 9.18 Å². The maximum absolute atomic E-state index is 13.4. The number of hydrogen-bond donors (Lipinski definition) is 1. The summed E-state index contributed by atoms with van der Waals surface area (Å²) >= 11 is 4.06. The predicted octanol–water partition coefficient (Wildman–Crippen LogP) is 3.71. The van der Waals surface area contributed by atoms with Crippen molar-refractivity contribution in [3.8, 4) is 0 Å². The van der Waals surface area contributed by atoms with Crippen LogP contribution in [-0.4, -0.2) is 12.6 Å². The zero-order chi connectivity index (χ0) is 12.8. The fourth-order valence-corrected chi connectivity index (χ4v) is 1.75. The van der Waals surface area contributed by atoms with Gasteiger partial charge >= 0.3 is 5.97 Å². The van der Waals surface area contributed by atoms with E-state index in [0.717, 1.165) is 12.8 Å². The normalized spacial score (nSPS) is 12.2. The number of benzene rings is 1. The lowest BCUT2D eigenvalue weighted by Gasteiger charge is -2.11. The molecule has 4 heteroatoms. The van der Waals surface area contributed by atoms with Crippen LogP contribution < -0.4 is 0 Å². The van der Waals surface area contributed by atoms with Crippen molar-refractivity contribution in [3.63, 3.8) is 0 Å². The second-order valence-electron chi connectivity index (χ2n) is 4.16. The zero-order valence-electron chi connectivity index (χ0n) is 10.1. The third-order valence-corrected chi connectivity index (χ3v) is 2.73. The van der Waals surface area contributed by atoms with Gasteiger partial charge in [0.2, 0.25) is 0 Å². The van der Waals surface area contributed by atoms with Crippen molar-refractivity contribution >= 4 is 18.6 Å². The first-order chi connectivity index (χ1) is 8.04. The zero-order valence-corrected chi connectivity index (χ0v) is 11.0. The molecular weight excluding hydrogens is 239 g/mol. The average molecular weight is 256 g/mol. The van der Waals surface area contributed by atoms with Gasteiger partial charge in [0.05, 0.1) is 12.2 Å². The van der Waals surface area contributed by atoms with Crippen molar-refractivity contribution in [2.75, 3.05) is 6.61 Å². The quantitative estimate of drug-likeness (QED) is 0.642. The van der Waals surface area contributed by atoms with Crippen molar-refractivity contribution in [1.29, 1.82) is 0 Å². The van der Waals surface area contributed by atoms with Gasteiger partial charge in [-0.05, 0) is 30.5 Å². The van der Waals surface area contributed by atoms with Crippen LogP contribution in [0.15, 0.2) is 23.1 Å². The molecule has 0 aliphatic heterocycles. The molecule has 0 saturated carbocycles. The topological polar surface area (TPSA) is 26.3 Å². The summed E-state index contributed by atoms with van der Waals surface area (Å²) in [5.74, 6) is -0.900. The van der Waals surface area contributed by atoms with Crippen molar-refractivity contribution < 1.29 is 13.9 Å². The van der Waals surface area contributed by atoms with Crippen LogP contribution in [0.3, 0.4) is 0 Å². The summed E-state index contributed by atoms with van der Waals surface area (Å²) in [5.41, 5.74) is -0.0544. The smallest absolute Gasteiger partial charge is 0.341 e. The van der Waals surface area contributed by atoms with Gasteiger partial charge in [-0.2, -0.15) is 0 Å². The minimum Gasteiger partial charge on any atom is -0.462 e. The fourth-order valence-electron chi connectivity index (χ4n) is 1.54. The molecule has 1 aromatic rings. The van der Waals surface area contributed by atoms with E-state index in [4.69, 9.17) is 4.74 Å². The highest BCUT2D eigenvalue weighted by molar-refractivity contribution is 7.80. The van der Waals surface area contributed by atoms with E-state index in [1.54, 1.807) is 0 Å². The van der Waals surface area contributed by atoms with Gasteiger partial charge in [0, 0.05) is 4.90 Å². The van der Waals surface area contributed by atoms with Gasteiger partial charge in [0.1, 0.15) is 5.82 Å². The summed E-state index contributed by atoms with van der Waals surface area (Å²) in [4.78, 5) is 12.2. The minimum absolute atomic E-state index is 0.0544. The Morgan fingerprint density at radius 2 is 2.24 bits per heavy atom. The van der Waals surface area contributed by atoms with Gasteiger partial charge in [-0.3, -0.25) is 0 Å². The van der Waals surface area contributed by atoms with E-state index < -0.39 is 11.8 Å². The standard InChI is InChI=1S/C13H17FO2S/c1-3-4-9(2)8-16-13(15)11-7-10(17)5-6-12(11)14/h5-7,9,17H,3-4,8H2,1-2H3. The lowest BCUT2D eigenvalue weighted by atomic mass is 10.1. The molecule has 1 rings (SSSR count). The van der Waals surface area contributed by atoms with E-state index in [1.807, 2.05) is 6.92 Å². The molecule has 94 valence electrons. The fraction of sp³-hybridized carbons (Fsp3) is 0.462. The van der Waals surface area contributed by atoms with Crippen LogP contribution >= 0.6 is 12.6 Å². The molecular formula is C13H17FO2S. The van der Waals surface area contributed by atoms with Gasteiger partial charge in [-0.25, -0.2) is 9.18 Å². The van der Waals surface area contributed by atoms with Gasteiger partial charge in [0.15, 0.2) is 0 Å². The molecule has 0 amide bonds. The molecule has 0 N–H and O–H groups in total. The highest BCUT2D eigenvalue weighted by Crippen LogP contribution is 2.15. The number of esters is 1. The highest BCUT2D eigenvalue weighted by Gasteiger charge is 2.14. The highest BCUT2D eigenvalue weighted by atomic mass is 32.1. The van der Waals surface area contributed by atoms with Crippen molar-refractivity contribution in [2.45, 2.75) is 31.6 Å². The molecule has 0 aliphatic rings. The SMILES string of the molecule is CCCC(C)COC(=O)c1cc(S)ccc1F. The molecule has 1 unspecified atom stereocenters. The summed E-state index contributed by atoms with van der Waals surface area (Å²) in [6.07, 6.45) is 2.03. The first-order valence-corrected chi connectivity index (χ1v) is 6.15.